The molecule has 0 bridgehead atoms. The second kappa shape index (κ2) is 4.93. The summed E-state index contributed by atoms with van der Waals surface area (Å²) >= 11 is 0. The Balaban J connectivity index is 2.51. The molecule has 6 heteroatoms. The molecule has 0 spiro atoms. The Morgan fingerprint density at radius 3 is 2.31 bits per heavy atom. The van der Waals surface area contributed by atoms with Gasteiger partial charge in [-0.3, -0.25) is 0 Å². The van der Waals surface area contributed by atoms with E-state index in [1.54, 1.807) is 13.8 Å². The van der Waals surface area contributed by atoms with Gasteiger partial charge in [0.25, 0.3) is 0 Å². The fourth-order valence-electron chi connectivity index (χ4n) is 1.49. The highest BCUT2D eigenvalue weighted by atomic mass is 19.4. The van der Waals surface area contributed by atoms with Crippen LogP contribution in [-0.2, 0) is 0 Å². The molecule has 0 aromatic rings. The predicted octanol–water partition coefficient (Wildman–Crippen LogP) is 2.52. The van der Waals surface area contributed by atoms with Crippen LogP contribution in [0.1, 0.15) is 33.1 Å². The molecule has 2 amide bonds. The summed E-state index contributed by atoms with van der Waals surface area (Å²) in [6.07, 6.45) is -1.58. The van der Waals surface area contributed by atoms with E-state index in [4.69, 9.17) is 0 Å². The predicted molar refractivity (Wildman–Crippen MR) is 54.1 cm³/mol. The first kappa shape index (κ1) is 13.1. The summed E-state index contributed by atoms with van der Waals surface area (Å²) in [5.74, 6) is 0. The van der Waals surface area contributed by atoms with Gasteiger partial charge in [0.1, 0.15) is 6.54 Å². The van der Waals surface area contributed by atoms with Crippen molar-refractivity contribution in [3.63, 3.8) is 0 Å². The molecule has 0 aliphatic heterocycles. The number of alkyl halides is 3. The SMILES string of the molecule is CC(C)N(CC(F)(F)F)C(=O)NC1CCC1. The van der Waals surface area contributed by atoms with E-state index in [1.807, 2.05) is 0 Å². The standard InChI is InChI=1S/C10H17F3N2O/c1-7(2)15(6-10(11,12)13)9(16)14-8-4-3-5-8/h7-8H,3-6H2,1-2H3,(H,14,16). The molecule has 1 aliphatic carbocycles. The van der Waals surface area contributed by atoms with Crippen LogP contribution in [0.3, 0.4) is 0 Å². The van der Waals surface area contributed by atoms with Crippen molar-refractivity contribution in [1.29, 1.82) is 0 Å². The molecular formula is C10H17F3N2O. The van der Waals surface area contributed by atoms with E-state index in [9.17, 15) is 18.0 Å². The van der Waals surface area contributed by atoms with Crippen LogP contribution in [0.25, 0.3) is 0 Å². The molecule has 1 N–H and O–H groups in total. The average molecular weight is 238 g/mol. The van der Waals surface area contributed by atoms with Crippen molar-refractivity contribution in [2.45, 2.75) is 51.4 Å². The molecule has 0 atom stereocenters. The molecule has 1 saturated carbocycles. The third-order valence-electron chi connectivity index (χ3n) is 2.67. The summed E-state index contributed by atoms with van der Waals surface area (Å²) in [5.41, 5.74) is 0. The van der Waals surface area contributed by atoms with Crippen LogP contribution < -0.4 is 5.32 Å². The Labute approximate surface area is 93.0 Å². The Morgan fingerprint density at radius 1 is 1.44 bits per heavy atom. The number of amides is 2. The van der Waals surface area contributed by atoms with Crippen LogP contribution in [0.15, 0.2) is 0 Å². The van der Waals surface area contributed by atoms with Crippen LogP contribution in [0, 0.1) is 0 Å². The molecule has 1 fully saturated rings. The van der Waals surface area contributed by atoms with Crippen LogP contribution in [0.2, 0.25) is 0 Å². The summed E-state index contributed by atoms with van der Waals surface area (Å²) in [6, 6.07) is -1.01. The van der Waals surface area contributed by atoms with Crippen LogP contribution in [-0.4, -0.2) is 35.7 Å². The van der Waals surface area contributed by atoms with E-state index in [0.717, 1.165) is 24.2 Å². The van der Waals surface area contributed by atoms with Gasteiger partial charge in [-0.2, -0.15) is 13.2 Å². The molecule has 0 unspecified atom stereocenters. The molecule has 94 valence electrons. The maximum Gasteiger partial charge on any atom is 0.406 e. The Morgan fingerprint density at radius 2 is 2.00 bits per heavy atom. The maximum atomic E-state index is 12.2. The lowest BCUT2D eigenvalue weighted by Crippen LogP contribution is -2.52. The van der Waals surface area contributed by atoms with Gasteiger partial charge in [-0.1, -0.05) is 0 Å². The number of carbonyl (C=O) groups is 1. The number of rotatable bonds is 3. The monoisotopic (exact) mass is 238 g/mol. The molecule has 0 heterocycles. The lowest BCUT2D eigenvalue weighted by molar-refractivity contribution is -0.142. The van der Waals surface area contributed by atoms with Gasteiger partial charge in [0.2, 0.25) is 0 Å². The van der Waals surface area contributed by atoms with Crippen molar-refractivity contribution in [3.05, 3.63) is 0 Å². The van der Waals surface area contributed by atoms with Crippen molar-refractivity contribution < 1.29 is 18.0 Å². The summed E-state index contributed by atoms with van der Waals surface area (Å²) in [6.45, 7) is 1.96. The van der Waals surface area contributed by atoms with Gasteiger partial charge in [-0.05, 0) is 33.1 Å². The van der Waals surface area contributed by atoms with Crippen molar-refractivity contribution in [2.24, 2.45) is 0 Å². The normalized spacial score (nSPS) is 17.1. The van der Waals surface area contributed by atoms with Crippen molar-refractivity contribution in [2.75, 3.05) is 6.54 Å². The first-order chi connectivity index (χ1) is 7.29. The number of nitrogens with zero attached hydrogens (tertiary/aromatic N) is 1. The minimum Gasteiger partial charge on any atom is -0.335 e. The summed E-state index contributed by atoms with van der Waals surface area (Å²) in [7, 11) is 0. The van der Waals surface area contributed by atoms with Crippen molar-refractivity contribution in [1.82, 2.24) is 10.2 Å². The van der Waals surface area contributed by atoms with Gasteiger partial charge in [0, 0.05) is 12.1 Å². The molecule has 3 nitrogen and oxygen atoms in total. The van der Waals surface area contributed by atoms with Gasteiger partial charge in [0.05, 0.1) is 0 Å². The average Bonchev–Trinajstić information content (AvgIpc) is 2.05. The van der Waals surface area contributed by atoms with Gasteiger partial charge < -0.3 is 10.2 Å². The van der Waals surface area contributed by atoms with Gasteiger partial charge in [-0.25, -0.2) is 4.79 Å². The van der Waals surface area contributed by atoms with Gasteiger partial charge >= 0.3 is 12.2 Å². The molecule has 0 saturated heterocycles. The van der Waals surface area contributed by atoms with Crippen LogP contribution in [0.5, 0.6) is 0 Å². The maximum absolute atomic E-state index is 12.2. The Kier molecular flexibility index (Phi) is 4.04. The zero-order chi connectivity index (χ0) is 12.3. The van der Waals surface area contributed by atoms with E-state index in [1.165, 1.54) is 0 Å². The fourth-order valence-corrected chi connectivity index (χ4v) is 1.49. The second-order valence-corrected chi connectivity index (χ2v) is 4.41. The number of carbonyl (C=O) groups excluding carboxylic acids is 1. The summed E-state index contributed by atoms with van der Waals surface area (Å²) in [5, 5.41) is 2.61. The Hall–Kier alpha value is -0.940. The lowest BCUT2D eigenvalue weighted by Gasteiger charge is -2.33. The fraction of sp³-hybridized carbons (Fsp3) is 0.900. The van der Waals surface area contributed by atoms with E-state index < -0.39 is 24.8 Å². The van der Waals surface area contributed by atoms with Crippen LogP contribution in [0.4, 0.5) is 18.0 Å². The van der Waals surface area contributed by atoms with Crippen molar-refractivity contribution >= 4 is 6.03 Å². The third-order valence-corrected chi connectivity index (χ3v) is 2.67. The largest absolute Gasteiger partial charge is 0.406 e. The number of nitrogens with one attached hydrogen (secondary N) is 1. The smallest absolute Gasteiger partial charge is 0.335 e. The molecule has 0 aromatic heterocycles. The molecule has 0 aromatic carbocycles. The first-order valence-electron chi connectivity index (χ1n) is 5.43. The molecule has 0 radical (unpaired) electrons. The lowest BCUT2D eigenvalue weighted by atomic mass is 9.93. The van der Waals surface area contributed by atoms with Gasteiger partial charge in [-0.15, -0.1) is 0 Å². The van der Waals surface area contributed by atoms with E-state index in [0.29, 0.717) is 0 Å². The van der Waals surface area contributed by atoms with Crippen molar-refractivity contribution in [3.8, 4) is 0 Å². The number of urea groups is 1. The zero-order valence-corrected chi connectivity index (χ0v) is 9.47. The number of halogens is 3. The topological polar surface area (TPSA) is 32.3 Å². The van der Waals surface area contributed by atoms with E-state index in [-0.39, 0.29) is 6.04 Å². The van der Waals surface area contributed by atoms with E-state index in [2.05, 4.69) is 5.32 Å². The third kappa shape index (κ3) is 3.90. The van der Waals surface area contributed by atoms with E-state index >= 15 is 0 Å². The second-order valence-electron chi connectivity index (χ2n) is 4.41. The zero-order valence-electron chi connectivity index (χ0n) is 9.47. The molecule has 1 rings (SSSR count). The number of hydrogen-bond acceptors (Lipinski definition) is 1. The molecule has 1 aliphatic rings. The minimum atomic E-state index is -4.35. The van der Waals surface area contributed by atoms with Crippen LogP contribution >= 0.6 is 0 Å². The molecule has 16 heavy (non-hydrogen) atoms. The Bertz CT molecular complexity index is 249. The molecular weight excluding hydrogens is 221 g/mol. The van der Waals surface area contributed by atoms with Gasteiger partial charge in [0.15, 0.2) is 0 Å². The highest BCUT2D eigenvalue weighted by molar-refractivity contribution is 5.75. The quantitative estimate of drug-likeness (QED) is 0.805. The minimum absolute atomic E-state index is 0.0574. The highest BCUT2D eigenvalue weighted by Gasteiger charge is 2.35. The first-order valence-corrected chi connectivity index (χ1v) is 5.43. The number of hydrogen-bond donors (Lipinski definition) is 1. The highest BCUT2D eigenvalue weighted by Crippen LogP contribution is 2.21. The summed E-state index contributed by atoms with van der Waals surface area (Å²) in [4.78, 5) is 12.4. The summed E-state index contributed by atoms with van der Waals surface area (Å²) < 4.78 is 36.7.